The molecule has 0 spiro atoms. The zero-order valence-corrected chi connectivity index (χ0v) is 24.2. The van der Waals surface area contributed by atoms with Crippen LogP contribution < -0.4 is 15.7 Å². The lowest BCUT2D eigenvalue weighted by Crippen LogP contribution is -2.68. The average molecular weight is 499 g/mol. The summed E-state index contributed by atoms with van der Waals surface area (Å²) in [5.74, 6) is 0. The number of carbonyl (C=O) groups is 1. The molecule has 1 N–H and O–H groups in total. The fourth-order valence-corrected chi connectivity index (χ4v) is 9.09. The standard InChI is InChI=1S/C29H46N2O3Si/c1-23(2)30-21-20-24(22-31(9)27(32)33-28(3,4)5)34-35(29(6,7)8,25-16-12-10-13-17-25)26-18-14-11-15-19-26/h10-19,23-24,30H,20-22H2,1-9H3/t24-/m0/s1. The topological polar surface area (TPSA) is 50.8 Å². The number of nitrogens with zero attached hydrogens (tertiary/aromatic N) is 1. The van der Waals surface area contributed by atoms with Crippen molar-refractivity contribution in [1.82, 2.24) is 10.2 Å². The van der Waals surface area contributed by atoms with E-state index in [-0.39, 0.29) is 17.2 Å². The summed E-state index contributed by atoms with van der Waals surface area (Å²) in [7, 11) is -0.947. The van der Waals surface area contributed by atoms with Crippen LogP contribution in [0, 0.1) is 0 Å². The van der Waals surface area contributed by atoms with Crippen molar-refractivity contribution in [2.24, 2.45) is 0 Å². The number of likely N-dealkylation sites (N-methyl/N-ethyl adjacent to an activating group) is 1. The molecular formula is C29H46N2O3Si. The van der Waals surface area contributed by atoms with Crippen LogP contribution in [-0.4, -0.2) is 57.2 Å². The van der Waals surface area contributed by atoms with Crippen molar-refractivity contribution in [3.8, 4) is 0 Å². The van der Waals surface area contributed by atoms with Gasteiger partial charge < -0.3 is 19.4 Å². The second-order valence-electron chi connectivity index (χ2n) is 11.7. The Kier molecular flexibility index (Phi) is 10.1. The Morgan fingerprint density at radius 3 is 1.80 bits per heavy atom. The van der Waals surface area contributed by atoms with Gasteiger partial charge in [-0.05, 0) is 49.1 Å². The number of hydrogen-bond donors (Lipinski definition) is 1. The number of benzene rings is 2. The van der Waals surface area contributed by atoms with Crippen LogP contribution in [0.2, 0.25) is 5.04 Å². The van der Waals surface area contributed by atoms with Crippen LogP contribution in [0.3, 0.4) is 0 Å². The van der Waals surface area contributed by atoms with Crippen molar-refractivity contribution in [2.75, 3.05) is 20.1 Å². The summed E-state index contributed by atoms with van der Waals surface area (Å²) in [6.07, 6.45) is 0.297. The lowest BCUT2D eigenvalue weighted by Gasteiger charge is -2.45. The lowest BCUT2D eigenvalue weighted by atomic mass is 10.2. The smallest absolute Gasteiger partial charge is 0.410 e. The molecule has 194 valence electrons. The van der Waals surface area contributed by atoms with E-state index in [9.17, 15) is 4.79 Å². The van der Waals surface area contributed by atoms with Crippen molar-refractivity contribution in [1.29, 1.82) is 0 Å². The van der Waals surface area contributed by atoms with Gasteiger partial charge in [0.05, 0.1) is 6.10 Å². The predicted octanol–water partition coefficient (Wildman–Crippen LogP) is 5.19. The number of rotatable bonds is 10. The van der Waals surface area contributed by atoms with Gasteiger partial charge in [0.25, 0.3) is 8.32 Å². The Morgan fingerprint density at radius 2 is 1.40 bits per heavy atom. The van der Waals surface area contributed by atoms with E-state index in [0.717, 1.165) is 13.0 Å². The molecule has 0 fully saturated rings. The summed E-state index contributed by atoms with van der Waals surface area (Å²) in [5, 5.41) is 5.86. The molecule has 1 amide bonds. The van der Waals surface area contributed by atoms with Gasteiger partial charge in [-0.1, -0.05) is 95.3 Å². The molecule has 1 atom stereocenters. The first-order valence-electron chi connectivity index (χ1n) is 12.7. The van der Waals surface area contributed by atoms with Crippen LogP contribution >= 0.6 is 0 Å². The predicted molar refractivity (Wildman–Crippen MR) is 149 cm³/mol. The molecule has 0 unspecified atom stereocenters. The molecule has 0 saturated heterocycles. The molecule has 0 aliphatic rings. The molecule has 2 rings (SSSR count). The van der Waals surface area contributed by atoms with Crippen molar-refractivity contribution < 1.29 is 14.0 Å². The Balaban J connectivity index is 2.51. The van der Waals surface area contributed by atoms with Gasteiger partial charge in [-0.2, -0.15) is 0 Å². The highest BCUT2D eigenvalue weighted by molar-refractivity contribution is 6.99. The maximum absolute atomic E-state index is 12.8. The number of amides is 1. The van der Waals surface area contributed by atoms with Gasteiger partial charge in [-0.15, -0.1) is 0 Å². The van der Waals surface area contributed by atoms with Crippen molar-refractivity contribution in [3.63, 3.8) is 0 Å². The van der Waals surface area contributed by atoms with Gasteiger partial charge in [0.15, 0.2) is 0 Å². The summed E-state index contributed by atoms with van der Waals surface area (Å²) in [4.78, 5) is 14.5. The molecule has 35 heavy (non-hydrogen) atoms. The van der Waals surface area contributed by atoms with Gasteiger partial charge >= 0.3 is 6.09 Å². The zero-order chi connectivity index (χ0) is 26.3. The van der Waals surface area contributed by atoms with Gasteiger partial charge in [-0.25, -0.2) is 4.79 Å². The fraction of sp³-hybridized carbons (Fsp3) is 0.552. The van der Waals surface area contributed by atoms with Gasteiger partial charge in [0.2, 0.25) is 0 Å². The molecule has 6 heteroatoms. The molecule has 0 radical (unpaired) electrons. The second kappa shape index (κ2) is 12.2. The Labute approximate surface area is 214 Å². The quantitative estimate of drug-likeness (QED) is 0.458. The first-order chi connectivity index (χ1) is 16.3. The molecule has 0 aromatic heterocycles. The van der Waals surface area contributed by atoms with E-state index in [1.165, 1.54) is 10.4 Å². The van der Waals surface area contributed by atoms with Crippen LogP contribution in [0.1, 0.15) is 61.8 Å². The molecule has 5 nitrogen and oxygen atoms in total. The molecule has 2 aromatic carbocycles. The minimum Gasteiger partial charge on any atom is -0.444 e. The number of ether oxygens (including phenoxy) is 1. The van der Waals surface area contributed by atoms with Crippen LogP contribution in [0.25, 0.3) is 0 Å². The Bertz CT molecular complexity index is 866. The van der Waals surface area contributed by atoms with Gasteiger partial charge in [0, 0.05) is 19.6 Å². The number of nitrogens with one attached hydrogen (secondary N) is 1. The minimum absolute atomic E-state index is 0.135. The summed E-state index contributed by atoms with van der Waals surface area (Å²) in [6.45, 7) is 18.1. The van der Waals surface area contributed by atoms with Gasteiger partial charge in [0.1, 0.15) is 5.60 Å². The fourth-order valence-electron chi connectivity index (χ4n) is 4.38. The summed E-state index contributed by atoms with van der Waals surface area (Å²) < 4.78 is 13.0. The average Bonchev–Trinajstić information content (AvgIpc) is 2.76. The van der Waals surface area contributed by atoms with Crippen molar-refractivity contribution in [3.05, 3.63) is 60.7 Å². The third-order valence-electron chi connectivity index (χ3n) is 5.96. The first-order valence-corrected chi connectivity index (χ1v) is 14.6. The normalized spacial score (nSPS) is 13.5. The molecular weight excluding hydrogens is 452 g/mol. The van der Waals surface area contributed by atoms with E-state index in [4.69, 9.17) is 9.16 Å². The molecule has 0 heterocycles. The van der Waals surface area contributed by atoms with E-state index in [1.807, 2.05) is 20.8 Å². The van der Waals surface area contributed by atoms with Crippen molar-refractivity contribution >= 4 is 24.8 Å². The van der Waals surface area contributed by atoms with E-state index >= 15 is 0 Å². The lowest BCUT2D eigenvalue weighted by molar-refractivity contribution is 0.0214. The third kappa shape index (κ3) is 8.19. The molecule has 0 aliphatic heterocycles. The minimum atomic E-state index is -2.74. The van der Waals surface area contributed by atoms with Crippen LogP contribution in [0.5, 0.6) is 0 Å². The maximum atomic E-state index is 12.8. The van der Waals surface area contributed by atoms with Crippen LogP contribution in [0.15, 0.2) is 60.7 Å². The van der Waals surface area contributed by atoms with E-state index in [2.05, 4.69) is 101 Å². The second-order valence-corrected chi connectivity index (χ2v) is 15.9. The largest absolute Gasteiger partial charge is 0.444 e. The molecule has 0 bridgehead atoms. The highest BCUT2D eigenvalue weighted by Gasteiger charge is 2.51. The Morgan fingerprint density at radius 1 is 0.914 bits per heavy atom. The van der Waals surface area contributed by atoms with E-state index < -0.39 is 13.9 Å². The maximum Gasteiger partial charge on any atom is 0.410 e. The zero-order valence-electron chi connectivity index (χ0n) is 23.2. The SMILES string of the molecule is CC(C)NCC[C@@H](CN(C)C(=O)OC(C)(C)C)O[Si](c1ccccc1)(c1ccccc1)C(C)(C)C. The number of hydrogen-bond acceptors (Lipinski definition) is 4. The summed E-state index contributed by atoms with van der Waals surface area (Å²) in [6, 6.07) is 21.7. The molecule has 0 aliphatic carbocycles. The van der Waals surface area contributed by atoms with E-state index in [1.54, 1.807) is 11.9 Å². The van der Waals surface area contributed by atoms with Crippen LogP contribution in [-0.2, 0) is 9.16 Å². The van der Waals surface area contributed by atoms with Gasteiger partial charge in [-0.3, -0.25) is 0 Å². The molecule has 0 saturated carbocycles. The Hall–Kier alpha value is -2.15. The van der Waals surface area contributed by atoms with E-state index in [0.29, 0.717) is 12.6 Å². The molecule has 2 aromatic rings. The highest BCUT2D eigenvalue weighted by atomic mass is 28.4. The summed E-state index contributed by atoms with van der Waals surface area (Å²) >= 11 is 0. The first kappa shape index (κ1) is 29.1. The summed E-state index contributed by atoms with van der Waals surface area (Å²) in [5.41, 5.74) is -0.543. The number of carbonyl (C=O) groups excluding carboxylic acids is 1. The third-order valence-corrected chi connectivity index (χ3v) is 11.1. The van der Waals surface area contributed by atoms with Crippen molar-refractivity contribution in [2.45, 2.75) is 84.6 Å². The monoisotopic (exact) mass is 498 g/mol. The highest BCUT2D eigenvalue weighted by Crippen LogP contribution is 2.38. The van der Waals surface area contributed by atoms with Crippen LogP contribution in [0.4, 0.5) is 4.79 Å².